The van der Waals surface area contributed by atoms with Gasteiger partial charge in [-0.25, -0.2) is 4.52 Å². The van der Waals surface area contributed by atoms with Gasteiger partial charge >= 0.3 is 0 Å². The third kappa shape index (κ3) is 1.50. The number of hydrogen-bond acceptors (Lipinski definition) is 3. The molecule has 0 aliphatic rings. The predicted octanol–water partition coefficient (Wildman–Crippen LogP) is 1.40. The molecule has 0 saturated carbocycles. The van der Waals surface area contributed by atoms with Crippen molar-refractivity contribution >= 4 is 17.2 Å². The summed E-state index contributed by atoms with van der Waals surface area (Å²) in [5.74, 6) is 0. The SMILES string of the molecule is CC(N)c1ccc2nc(Cl)nn2c1. The number of fused-ring (bicyclic) bond motifs is 1. The molecular weight excluding hydrogens is 188 g/mol. The van der Waals surface area contributed by atoms with Gasteiger partial charge in [-0.1, -0.05) is 6.07 Å². The summed E-state index contributed by atoms with van der Waals surface area (Å²) in [6.45, 7) is 1.92. The van der Waals surface area contributed by atoms with Crippen molar-refractivity contribution in [3.63, 3.8) is 0 Å². The van der Waals surface area contributed by atoms with Gasteiger partial charge in [-0.2, -0.15) is 4.98 Å². The van der Waals surface area contributed by atoms with Crippen molar-refractivity contribution < 1.29 is 0 Å². The molecule has 0 fully saturated rings. The van der Waals surface area contributed by atoms with E-state index in [2.05, 4.69) is 10.1 Å². The minimum atomic E-state index is -0.00706. The van der Waals surface area contributed by atoms with Gasteiger partial charge in [0, 0.05) is 12.2 Å². The summed E-state index contributed by atoms with van der Waals surface area (Å²) in [7, 11) is 0. The quantitative estimate of drug-likeness (QED) is 0.750. The molecule has 68 valence electrons. The molecule has 0 amide bonds. The molecule has 2 rings (SSSR count). The summed E-state index contributed by atoms with van der Waals surface area (Å²) in [6, 6.07) is 3.76. The van der Waals surface area contributed by atoms with Crippen molar-refractivity contribution in [3.05, 3.63) is 29.2 Å². The van der Waals surface area contributed by atoms with Crippen molar-refractivity contribution in [2.45, 2.75) is 13.0 Å². The standard InChI is InChI=1S/C8H9ClN4/c1-5(10)6-2-3-7-11-8(9)12-13(7)4-6/h2-5H,10H2,1H3. The van der Waals surface area contributed by atoms with Gasteiger partial charge in [-0.3, -0.25) is 0 Å². The second-order valence-corrected chi connectivity index (χ2v) is 3.27. The van der Waals surface area contributed by atoms with Gasteiger partial charge < -0.3 is 5.73 Å². The first-order valence-corrected chi connectivity index (χ1v) is 4.32. The highest BCUT2D eigenvalue weighted by Gasteiger charge is 2.03. The Morgan fingerprint density at radius 3 is 3.00 bits per heavy atom. The first-order chi connectivity index (χ1) is 6.16. The summed E-state index contributed by atoms with van der Waals surface area (Å²) in [5, 5.41) is 4.22. The van der Waals surface area contributed by atoms with Crippen LogP contribution in [0.5, 0.6) is 0 Å². The van der Waals surface area contributed by atoms with Crippen molar-refractivity contribution in [3.8, 4) is 0 Å². The van der Waals surface area contributed by atoms with Gasteiger partial charge in [-0.05, 0) is 30.2 Å². The van der Waals surface area contributed by atoms with Crippen LogP contribution in [0.2, 0.25) is 5.28 Å². The number of pyridine rings is 1. The summed E-state index contributed by atoms with van der Waals surface area (Å²) in [4.78, 5) is 3.99. The Labute approximate surface area is 80.3 Å². The van der Waals surface area contributed by atoms with Crippen molar-refractivity contribution in [2.75, 3.05) is 0 Å². The van der Waals surface area contributed by atoms with E-state index in [1.807, 2.05) is 25.3 Å². The molecule has 0 saturated heterocycles. The van der Waals surface area contributed by atoms with Crippen LogP contribution in [0.1, 0.15) is 18.5 Å². The number of rotatable bonds is 1. The van der Waals surface area contributed by atoms with Crippen LogP contribution in [-0.4, -0.2) is 14.6 Å². The molecule has 0 aliphatic carbocycles. The van der Waals surface area contributed by atoms with E-state index >= 15 is 0 Å². The number of nitrogens with two attached hydrogens (primary N) is 1. The second kappa shape index (κ2) is 2.97. The molecule has 2 aromatic rings. The zero-order chi connectivity index (χ0) is 9.42. The molecule has 13 heavy (non-hydrogen) atoms. The molecule has 0 aliphatic heterocycles. The van der Waals surface area contributed by atoms with E-state index in [1.54, 1.807) is 4.52 Å². The zero-order valence-electron chi connectivity index (χ0n) is 7.11. The van der Waals surface area contributed by atoms with E-state index < -0.39 is 0 Å². The molecular formula is C8H9ClN4. The van der Waals surface area contributed by atoms with Crippen LogP contribution in [0.3, 0.4) is 0 Å². The average molecular weight is 197 g/mol. The summed E-state index contributed by atoms with van der Waals surface area (Å²) < 4.78 is 1.63. The second-order valence-electron chi connectivity index (χ2n) is 2.93. The van der Waals surface area contributed by atoms with Gasteiger partial charge in [0.15, 0.2) is 5.65 Å². The van der Waals surface area contributed by atoms with Crippen molar-refractivity contribution in [1.29, 1.82) is 0 Å². The van der Waals surface area contributed by atoms with Gasteiger partial charge in [0.2, 0.25) is 5.28 Å². The molecule has 0 aromatic carbocycles. The number of hydrogen-bond donors (Lipinski definition) is 1. The Balaban J connectivity index is 2.61. The van der Waals surface area contributed by atoms with Gasteiger partial charge in [-0.15, -0.1) is 5.10 Å². The number of aromatic nitrogens is 3. The van der Waals surface area contributed by atoms with E-state index in [9.17, 15) is 0 Å². The molecule has 0 bridgehead atoms. The van der Waals surface area contributed by atoms with Crippen LogP contribution >= 0.6 is 11.6 Å². The van der Waals surface area contributed by atoms with Crippen LogP contribution in [-0.2, 0) is 0 Å². The molecule has 5 heteroatoms. The molecule has 1 atom stereocenters. The highest BCUT2D eigenvalue weighted by Crippen LogP contribution is 2.11. The Hall–Kier alpha value is -1.13. The topological polar surface area (TPSA) is 56.2 Å². The normalized spacial score (nSPS) is 13.5. The first kappa shape index (κ1) is 8.47. The zero-order valence-corrected chi connectivity index (χ0v) is 7.86. The smallest absolute Gasteiger partial charge is 0.243 e. The fourth-order valence-electron chi connectivity index (χ4n) is 1.14. The lowest BCUT2D eigenvalue weighted by atomic mass is 10.2. The highest BCUT2D eigenvalue weighted by atomic mass is 35.5. The Morgan fingerprint density at radius 2 is 2.31 bits per heavy atom. The molecule has 1 unspecified atom stereocenters. The van der Waals surface area contributed by atoms with Crippen LogP contribution in [0.15, 0.2) is 18.3 Å². The van der Waals surface area contributed by atoms with Gasteiger partial charge in [0.05, 0.1) is 0 Å². The van der Waals surface area contributed by atoms with Crippen LogP contribution < -0.4 is 5.73 Å². The molecule has 2 heterocycles. The van der Waals surface area contributed by atoms with E-state index in [0.29, 0.717) is 0 Å². The Bertz CT molecular complexity index is 435. The third-order valence-corrected chi connectivity index (χ3v) is 2.01. The minimum absolute atomic E-state index is 0.00706. The fourth-order valence-corrected chi connectivity index (χ4v) is 1.31. The van der Waals surface area contributed by atoms with Crippen LogP contribution in [0.25, 0.3) is 5.65 Å². The lowest BCUT2D eigenvalue weighted by molar-refractivity contribution is 0.797. The molecule has 4 nitrogen and oxygen atoms in total. The van der Waals surface area contributed by atoms with Crippen LogP contribution in [0.4, 0.5) is 0 Å². The lowest BCUT2D eigenvalue weighted by Crippen LogP contribution is -2.06. The average Bonchev–Trinajstić information content (AvgIpc) is 2.42. The maximum Gasteiger partial charge on any atom is 0.243 e. The van der Waals surface area contributed by atoms with Gasteiger partial charge in [0.25, 0.3) is 0 Å². The Kier molecular flexibility index (Phi) is 1.94. The van der Waals surface area contributed by atoms with Crippen LogP contribution in [0, 0.1) is 0 Å². The van der Waals surface area contributed by atoms with Crippen molar-refractivity contribution in [1.82, 2.24) is 14.6 Å². The summed E-state index contributed by atoms with van der Waals surface area (Å²) >= 11 is 5.64. The van der Waals surface area contributed by atoms with Gasteiger partial charge in [0.1, 0.15) is 0 Å². The number of halogens is 1. The predicted molar refractivity (Wildman–Crippen MR) is 50.6 cm³/mol. The maximum atomic E-state index is 5.72. The monoisotopic (exact) mass is 196 g/mol. The number of nitrogens with zero attached hydrogens (tertiary/aromatic N) is 3. The maximum absolute atomic E-state index is 5.72. The molecule has 0 spiro atoms. The largest absolute Gasteiger partial charge is 0.324 e. The fraction of sp³-hybridized carbons (Fsp3) is 0.250. The highest BCUT2D eigenvalue weighted by molar-refractivity contribution is 6.28. The third-order valence-electron chi connectivity index (χ3n) is 1.85. The Morgan fingerprint density at radius 1 is 1.54 bits per heavy atom. The minimum Gasteiger partial charge on any atom is -0.324 e. The van der Waals surface area contributed by atoms with E-state index in [1.165, 1.54) is 0 Å². The van der Waals surface area contributed by atoms with E-state index in [-0.39, 0.29) is 11.3 Å². The molecule has 2 N–H and O–H groups in total. The van der Waals surface area contributed by atoms with E-state index in [4.69, 9.17) is 17.3 Å². The van der Waals surface area contributed by atoms with Crippen molar-refractivity contribution in [2.24, 2.45) is 5.73 Å². The molecule has 2 aromatic heterocycles. The lowest BCUT2D eigenvalue weighted by Gasteiger charge is -2.03. The first-order valence-electron chi connectivity index (χ1n) is 3.94. The summed E-state index contributed by atoms with van der Waals surface area (Å²) in [5.41, 5.74) is 7.46. The van der Waals surface area contributed by atoms with E-state index in [0.717, 1.165) is 11.2 Å². The summed E-state index contributed by atoms with van der Waals surface area (Å²) in [6.07, 6.45) is 1.83. The molecule has 0 radical (unpaired) electrons.